The molecule has 1 aliphatic heterocycles. The van der Waals surface area contributed by atoms with E-state index in [-0.39, 0.29) is 11.8 Å². The average Bonchev–Trinajstić information content (AvgIpc) is 3.30. The van der Waals surface area contributed by atoms with Crippen LogP contribution in [0.4, 0.5) is 0 Å². The number of carbonyl (C=O) groups is 1. The summed E-state index contributed by atoms with van der Waals surface area (Å²) in [7, 11) is 0.599. The molecule has 1 saturated carbocycles. The number of sulfonamides is 1. The van der Waals surface area contributed by atoms with Gasteiger partial charge in [-0.3, -0.25) is 4.79 Å². The molecule has 184 valence electrons. The standard InChI is InChI=1S/C26H41N3O3S/c1-27(2)17-18-28(20-21-7-4-3-5-8-21)26(30)23-13-15-29(16-14-23)33(31,32)25-12-11-22-9-6-10-24(22)19-25/h11-12,19,21,23H,3-10,13-18,20H2,1-2H3. The molecule has 0 aromatic heterocycles. The normalized spacial score (nSPS) is 20.8. The lowest BCUT2D eigenvalue weighted by Gasteiger charge is -2.36. The van der Waals surface area contributed by atoms with Gasteiger partial charge in [-0.1, -0.05) is 25.3 Å². The van der Waals surface area contributed by atoms with Gasteiger partial charge < -0.3 is 9.80 Å². The maximum atomic E-state index is 13.5. The quantitative estimate of drug-likeness (QED) is 0.577. The minimum Gasteiger partial charge on any atom is -0.341 e. The van der Waals surface area contributed by atoms with E-state index in [1.54, 1.807) is 10.4 Å². The number of benzene rings is 1. The predicted molar refractivity (Wildman–Crippen MR) is 132 cm³/mol. The molecule has 33 heavy (non-hydrogen) atoms. The van der Waals surface area contributed by atoms with Crippen molar-refractivity contribution in [3.63, 3.8) is 0 Å². The molecule has 0 bridgehead atoms. The van der Waals surface area contributed by atoms with E-state index in [9.17, 15) is 13.2 Å². The van der Waals surface area contributed by atoms with Crippen LogP contribution in [-0.2, 0) is 27.7 Å². The molecule has 2 aliphatic carbocycles. The second-order valence-corrected chi connectivity index (χ2v) is 12.5. The second kappa shape index (κ2) is 10.9. The van der Waals surface area contributed by atoms with Gasteiger partial charge in [-0.2, -0.15) is 4.31 Å². The summed E-state index contributed by atoms with van der Waals surface area (Å²) >= 11 is 0. The largest absolute Gasteiger partial charge is 0.341 e. The monoisotopic (exact) mass is 475 g/mol. The molecule has 0 spiro atoms. The highest BCUT2D eigenvalue weighted by atomic mass is 32.2. The number of carbonyl (C=O) groups excluding carboxylic acids is 1. The Kier molecular flexibility index (Phi) is 8.13. The summed E-state index contributed by atoms with van der Waals surface area (Å²) < 4.78 is 28.1. The predicted octanol–water partition coefficient (Wildman–Crippen LogP) is 3.55. The third-order valence-corrected chi connectivity index (χ3v) is 9.74. The highest BCUT2D eigenvalue weighted by Gasteiger charge is 2.34. The third kappa shape index (κ3) is 5.98. The summed E-state index contributed by atoms with van der Waals surface area (Å²) in [5, 5.41) is 0. The zero-order chi connectivity index (χ0) is 23.4. The van der Waals surface area contributed by atoms with Crippen molar-refractivity contribution in [2.75, 3.05) is 46.8 Å². The maximum Gasteiger partial charge on any atom is 0.243 e. The Labute approximate surface area is 200 Å². The fourth-order valence-electron chi connectivity index (χ4n) is 5.75. The minimum atomic E-state index is -3.50. The fourth-order valence-corrected chi connectivity index (χ4v) is 7.27. The molecule has 0 unspecified atom stereocenters. The van der Waals surface area contributed by atoms with Crippen LogP contribution in [-0.4, -0.2) is 75.2 Å². The number of amides is 1. The summed E-state index contributed by atoms with van der Waals surface area (Å²) in [5.74, 6) is 0.782. The Morgan fingerprint density at radius 1 is 0.939 bits per heavy atom. The number of aryl methyl sites for hydroxylation is 2. The number of nitrogens with zero attached hydrogens (tertiary/aromatic N) is 3. The molecular weight excluding hydrogens is 434 g/mol. The Morgan fingerprint density at radius 3 is 2.33 bits per heavy atom. The van der Waals surface area contributed by atoms with Crippen molar-refractivity contribution in [2.45, 2.75) is 69.1 Å². The smallest absolute Gasteiger partial charge is 0.243 e. The Balaban J connectivity index is 1.37. The van der Waals surface area contributed by atoms with Gasteiger partial charge in [0.25, 0.3) is 0 Å². The molecule has 1 aromatic carbocycles. The number of rotatable bonds is 8. The zero-order valence-corrected chi connectivity index (χ0v) is 21.3. The van der Waals surface area contributed by atoms with E-state index in [0.29, 0.717) is 36.7 Å². The van der Waals surface area contributed by atoms with E-state index in [2.05, 4.69) is 9.80 Å². The molecule has 4 rings (SSSR count). The van der Waals surface area contributed by atoms with Gasteiger partial charge in [-0.05, 0) is 88.2 Å². The Morgan fingerprint density at radius 2 is 1.64 bits per heavy atom. The van der Waals surface area contributed by atoms with Crippen LogP contribution in [0, 0.1) is 11.8 Å². The van der Waals surface area contributed by atoms with Crippen LogP contribution in [0.25, 0.3) is 0 Å². The number of hydrogen-bond donors (Lipinski definition) is 0. The molecular formula is C26H41N3O3S. The van der Waals surface area contributed by atoms with Crippen molar-refractivity contribution in [1.29, 1.82) is 0 Å². The lowest BCUT2D eigenvalue weighted by molar-refractivity contribution is -0.137. The summed E-state index contributed by atoms with van der Waals surface area (Å²) in [6.45, 7) is 3.35. The van der Waals surface area contributed by atoms with Gasteiger partial charge in [0.15, 0.2) is 0 Å². The number of piperidine rings is 1. The molecule has 1 saturated heterocycles. The molecule has 0 radical (unpaired) electrons. The van der Waals surface area contributed by atoms with E-state index in [4.69, 9.17) is 0 Å². The first-order valence-corrected chi connectivity index (χ1v) is 14.3. The van der Waals surface area contributed by atoms with Crippen LogP contribution >= 0.6 is 0 Å². The first-order chi connectivity index (χ1) is 15.8. The van der Waals surface area contributed by atoms with Crippen LogP contribution in [0.5, 0.6) is 0 Å². The first kappa shape index (κ1) is 24.7. The van der Waals surface area contributed by atoms with Gasteiger partial charge in [0, 0.05) is 38.6 Å². The molecule has 6 nitrogen and oxygen atoms in total. The van der Waals surface area contributed by atoms with Gasteiger partial charge in [0.05, 0.1) is 4.90 Å². The van der Waals surface area contributed by atoms with Crippen LogP contribution in [0.1, 0.15) is 62.5 Å². The molecule has 1 heterocycles. The number of fused-ring (bicyclic) bond motifs is 1. The molecule has 7 heteroatoms. The molecule has 1 aromatic rings. The van der Waals surface area contributed by atoms with Gasteiger partial charge in [0.1, 0.15) is 0 Å². The third-order valence-electron chi connectivity index (χ3n) is 7.84. The van der Waals surface area contributed by atoms with Crippen molar-refractivity contribution in [1.82, 2.24) is 14.1 Å². The van der Waals surface area contributed by atoms with E-state index >= 15 is 0 Å². The van der Waals surface area contributed by atoms with E-state index < -0.39 is 10.0 Å². The van der Waals surface area contributed by atoms with Crippen LogP contribution in [0.15, 0.2) is 23.1 Å². The van der Waals surface area contributed by atoms with Gasteiger partial charge in [0.2, 0.25) is 15.9 Å². The maximum absolute atomic E-state index is 13.5. The lowest BCUT2D eigenvalue weighted by atomic mass is 9.88. The summed E-state index contributed by atoms with van der Waals surface area (Å²) in [6.07, 6.45) is 10.7. The summed E-state index contributed by atoms with van der Waals surface area (Å²) in [5.41, 5.74) is 2.47. The van der Waals surface area contributed by atoms with Crippen molar-refractivity contribution in [3.05, 3.63) is 29.3 Å². The Bertz CT molecular complexity index is 917. The van der Waals surface area contributed by atoms with Gasteiger partial charge >= 0.3 is 0 Å². The molecule has 3 aliphatic rings. The van der Waals surface area contributed by atoms with E-state index in [1.807, 2.05) is 26.2 Å². The van der Waals surface area contributed by atoms with E-state index in [0.717, 1.165) is 38.9 Å². The SMILES string of the molecule is CN(C)CCN(CC1CCCCC1)C(=O)C1CCN(S(=O)(=O)c2ccc3c(c2)CCC3)CC1. The van der Waals surface area contributed by atoms with Crippen molar-refractivity contribution < 1.29 is 13.2 Å². The fraction of sp³-hybridized carbons (Fsp3) is 0.731. The average molecular weight is 476 g/mol. The highest BCUT2D eigenvalue weighted by molar-refractivity contribution is 7.89. The van der Waals surface area contributed by atoms with Gasteiger partial charge in [-0.15, -0.1) is 0 Å². The van der Waals surface area contributed by atoms with Crippen LogP contribution in [0.2, 0.25) is 0 Å². The minimum absolute atomic E-state index is 0.0674. The van der Waals surface area contributed by atoms with Crippen molar-refractivity contribution >= 4 is 15.9 Å². The molecule has 1 amide bonds. The van der Waals surface area contributed by atoms with Crippen LogP contribution < -0.4 is 0 Å². The van der Waals surface area contributed by atoms with E-state index in [1.165, 1.54) is 43.2 Å². The zero-order valence-electron chi connectivity index (χ0n) is 20.5. The first-order valence-electron chi connectivity index (χ1n) is 12.9. The second-order valence-electron chi connectivity index (χ2n) is 10.6. The molecule has 0 N–H and O–H groups in total. The van der Waals surface area contributed by atoms with Gasteiger partial charge in [-0.25, -0.2) is 8.42 Å². The van der Waals surface area contributed by atoms with Crippen molar-refractivity contribution in [3.8, 4) is 0 Å². The number of likely N-dealkylation sites (N-methyl/N-ethyl adjacent to an activating group) is 1. The molecule has 0 atom stereocenters. The summed E-state index contributed by atoms with van der Waals surface area (Å²) in [4.78, 5) is 18.1. The summed E-state index contributed by atoms with van der Waals surface area (Å²) in [6, 6.07) is 5.63. The Hall–Kier alpha value is -1.44. The number of hydrogen-bond acceptors (Lipinski definition) is 4. The molecule has 2 fully saturated rings. The topological polar surface area (TPSA) is 60.9 Å². The highest BCUT2D eigenvalue weighted by Crippen LogP contribution is 2.30. The van der Waals surface area contributed by atoms with Crippen molar-refractivity contribution in [2.24, 2.45) is 11.8 Å². The lowest BCUT2D eigenvalue weighted by Crippen LogP contribution is -2.47. The van der Waals surface area contributed by atoms with Crippen LogP contribution in [0.3, 0.4) is 0 Å².